The minimum absolute atomic E-state index is 0.519. The number of hydrazone groups is 1. The fraction of sp³-hybridized carbons (Fsp3) is 0.529. The van der Waals surface area contributed by atoms with E-state index < -0.39 is 0 Å². The molecule has 2 fully saturated rings. The molecule has 0 heterocycles. The first-order valence-corrected chi connectivity index (χ1v) is 8.42. The van der Waals surface area contributed by atoms with E-state index in [2.05, 4.69) is 15.8 Å². The Hall–Kier alpha value is -1.82. The summed E-state index contributed by atoms with van der Waals surface area (Å²) < 4.78 is 10.5. The van der Waals surface area contributed by atoms with Gasteiger partial charge in [0, 0.05) is 6.04 Å². The van der Waals surface area contributed by atoms with Gasteiger partial charge >= 0.3 is 0 Å². The van der Waals surface area contributed by atoms with Gasteiger partial charge < -0.3 is 14.8 Å². The number of ether oxygens (including phenoxy) is 2. The summed E-state index contributed by atoms with van der Waals surface area (Å²) in [6.45, 7) is 0. The van der Waals surface area contributed by atoms with E-state index in [1.54, 1.807) is 20.4 Å². The lowest BCUT2D eigenvalue weighted by atomic mass is 9.96. The molecule has 2 aliphatic rings. The third-order valence-electron chi connectivity index (χ3n) is 4.84. The smallest absolute Gasteiger partial charge is 0.187 e. The first-order chi connectivity index (χ1) is 11.2. The van der Waals surface area contributed by atoms with Crippen molar-refractivity contribution in [2.24, 2.45) is 16.9 Å². The van der Waals surface area contributed by atoms with Crippen molar-refractivity contribution in [3.63, 3.8) is 0 Å². The maximum atomic E-state index is 5.33. The molecule has 0 aromatic heterocycles. The van der Waals surface area contributed by atoms with Crippen LogP contribution in [0.3, 0.4) is 0 Å². The number of hydrogen-bond acceptors (Lipinski definition) is 4. The maximum Gasteiger partial charge on any atom is 0.187 e. The van der Waals surface area contributed by atoms with Crippen LogP contribution in [0, 0.1) is 11.8 Å². The molecule has 2 bridgehead atoms. The predicted octanol–water partition coefficient (Wildman–Crippen LogP) is 2.69. The van der Waals surface area contributed by atoms with E-state index in [0.29, 0.717) is 22.7 Å². The normalized spacial score (nSPS) is 25.6. The van der Waals surface area contributed by atoms with Crippen LogP contribution in [0.25, 0.3) is 0 Å². The zero-order valence-corrected chi connectivity index (χ0v) is 14.4. The van der Waals surface area contributed by atoms with Gasteiger partial charge in [-0.25, -0.2) is 0 Å². The van der Waals surface area contributed by atoms with E-state index in [1.807, 2.05) is 18.2 Å². The summed E-state index contributed by atoms with van der Waals surface area (Å²) >= 11 is 5.33. The zero-order chi connectivity index (χ0) is 16.2. The van der Waals surface area contributed by atoms with Crippen LogP contribution < -0.4 is 20.2 Å². The number of nitrogens with zero attached hydrogens (tertiary/aromatic N) is 1. The minimum atomic E-state index is 0.519. The lowest BCUT2D eigenvalue weighted by Crippen LogP contribution is -2.42. The van der Waals surface area contributed by atoms with Gasteiger partial charge in [-0.15, -0.1) is 0 Å². The van der Waals surface area contributed by atoms with Gasteiger partial charge in [0.2, 0.25) is 0 Å². The highest BCUT2D eigenvalue weighted by molar-refractivity contribution is 7.80. The van der Waals surface area contributed by atoms with Crippen molar-refractivity contribution in [2.75, 3.05) is 14.2 Å². The Morgan fingerprint density at radius 2 is 2.04 bits per heavy atom. The third kappa shape index (κ3) is 3.75. The molecule has 0 aliphatic heterocycles. The van der Waals surface area contributed by atoms with Crippen molar-refractivity contribution in [3.8, 4) is 11.5 Å². The van der Waals surface area contributed by atoms with Gasteiger partial charge in [0.15, 0.2) is 16.6 Å². The predicted molar refractivity (Wildman–Crippen MR) is 95.2 cm³/mol. The minimum Gasteiger partial charge on any atom is -0.493 e. The Bertz CT molecular complexity index is 606. The molecule has 5 nitrogen and oxygen atoms in total. The van der Waals surface area contributed by atoms with Crippen LogP contribution in [0.2, 0.25) is 0 Å². The Balaban J connectivity index is 1.51. The summed E-state index contributed by atoms with van der Waals surface area (Å²) in [6, 6.07) is 6.16. The van der Waals surface area contributed by atoms with E-state index in [4.69, 9.17) is 21.7 Å². The molecule has 124 valence electrons. The first kappa shape index (κ1) is 16.1. The fourth-order valence-corrected chi connectivity index (χ4v) is 3.92. The molecule has 0 amide bonds. The van der Waals surface area contributed by atoms with E-state index in [-0.39, 0.29) is 0 Å². The highest BCUT2D eigenvalue weighted by atomic mass is 32.1. The van der Waals surface area contributed by atoms with Crippen molar-refractivity contribution in [3.05, 3.63) is 23.8 Å². The van der Waals surface area contributed by atoms with Gasteiger partial charge in [0.25, 0.3) is 0 Å². The summed E-state index contributed by atoms with van der Waals surface area (Å²) in [5, 5.41) is 8.20. The molecule has 3 atom stereocenters. The van der Waals surface area contributed by atoms with Gasteiger partial charge in [0.05, 0.1) is 20.4 Å². The Morgan fingerprint density at radius 3 is 2.70 bits per heavy atom. The van der Waals surface area contributed by atoms with E-state index in [0.717, 1.165) is 17.4 Å². The molecule has 2 saturated carbocycles. The third-order valence-corrected chi connectivity index (χ3v) is 5.05. The van der Waals surface area contributed by atoms with E-state index >= 15 is 0 Å². The lowest BCUT2D eigenvalue weighted by molar-refractivity contribution is 0.355. The average Bonchev–Trinajstić information content (AvgIpc) is 3.17. The van der Waals surface area contributed by atoms with Gasteiger partial charge in [-0.1, -0.05) is 6.42 Å². The molecular weight excluding hydrogens is 310 g/mol. The number of benzene rings is 1. The lowest BCUT2D eigenvalue weighted by Gasteiger charge is -2.23. The van der Waals surface area contributed by atoms with Crippen LogP contribution in [0.15, 0.2) is 23.3 Å². The molecule has 23 heavy (non-hydrogen) atoms. The van der Waals surface area contributed by atoms with Crippen LogP contribution in [0.5, 0.6) is 11.5 Å². The number of hydrogen-bond donors (Lipinski definition) is 2. The van der Waals surface area contributed by atoms with Crippen LogP contribution in [-0.2, 0) is 0 Å². The number of thiocarbonyl (C=S) groups is 1. The molecule has 0 spiro atoms. The topological polar surface area (TPSA) is 54.9 Å². The maximum absolute atomic E-state index is 5.33. The van der Waals surface area contributed by atoms with Crippen molar-refractivity contribution in [1.29, 1.82) is 0 Å². The van der Waals surface area contributed by atoms with Crippen molar-refractivity contribution in [1.82, 2.24) is 10.7 Å². The van der Waals surface area contributed by atoms with Crippen LogP contribution in [0.1, 0.15) is 31.2 Å². The highest BCUT2D eigenvalue weighted by Gasteiger charge is 2.39. The van der Waals surface area contributed by atoms with Crippen LogP contribution >= 0.6 is 12.2 Å². The Labute approximate surface area is 142 Å². The molecule has 1 aromatic carbocycles. The quantitative estimate of drug-likeness (QED) is 0.493. The van der Waals surface area contributed by atoms with Gasteiger partial charge in [-0.2, -0.15) is 5.10 Å². The monoisotopic (exact) mass is 333 g/mol. The molecule has 6 heteroatoms. The second-order valence-corrected chi connectivity index (χ2v) is 6.65. The Kier molecular flexibility index (Phi) is 5.00. The number of nitrogens with one attached hydrogen (secondary N) is 2. The van der Waals surface area contributed by atoms with Gasteiger partial charge in [0.1, 0.15) is 0 Å². The largest absolute Gasteiger partial charge is 0.493 e. The molecule has 0 radical (unpaired) electrons. The standard InChI is InChI=1S/C17H23N3O2S/c1-21-15-6-4-12(9-16(15)22-2)10-18-20-17(23)19-14-8-11-3-5-13(14)7-11/h4,6,9-11,13-14H,3,5,7-8H2,1-2H3,(H2,19,20,23)/b18-10+. The molecule has 2 N–H and O–H groups in total. The second kappa shape index (κ2) is 7.17. The summed E-state index contributed by atoms with van der Waals surface area (Å²) in [4.78, 5) is 0. The zero-order valence-electron chi connectivity index (χ0n) is 13.5. The number of rotatable bonds is 5. The summed E-state index contributed by atoms with van der Waals surface area (Å²) in [6.07, 6.45) is 7.04. The van der Waals surface area contributed by atoms with E-state index in [1.165, 1.54) is 25.7 Å². The molecule has 1 aromatic rings. The van der Waals surface area contributed by atoms with Crippen LogP contribution in [0.4, 0.5) is 0 Å². The van der Waals surface area contributed by atoms with Crippen LogP contribution in [-0.4, -0.2) is 31.6 Å². The summed E-state index contributed by atoms with van der Waals surface area (Å²) in [7, 11) is 3.23. The van der Waals surface area contributed by atoms with Gasteiger partial charge in [-0.05, 0) is 67.1 Å². The summed E-state index contributed by atoms with van der Waals surface area (Å²) in [5.41, 5.74) is 3.82. The fourth-order valence-electron chi connectivity index (χ4n) is 3.72. The second-order valence-electron chi connectivity index (χ2n) is 6.24. The SMILES string of the molecule is COc1ccc(/C=N/NC(=S)NC2CC3CCC2C3)cc1OC. The number of fused-ring (bicyclic) bond motifs is 2. The molecule has 2 aliphatic carbocycles. The molecule has 3 rings (SSSR count). The summed E-state index contributed by atoms with van der Waals surface area (Å²) in [5.74, 6) is 3.07. The van der Waals surface area contributed by atoms with Crippen molar-refractivity contribution >= 4 is 23.5 Å². The Morgan fingerprint density at radius 1 is 1.22 bits per heavy atom. The molecule has 3 unspecified atom stereocenters. The average molecular weight is 333 g/mol. The van der Waals surface area contributed by atoms with Gasteiger partial charge in [-0.3, -0.25) is 5.43 Å². The highest BCUT2D eigenvalue weighted by Crippen LogP contribution is 2.44. The first-order valence-electron chi connectivity index (χ1n) is 8.01. The molecule has 0 saturated heterocycles. The van der Waals surface area contributed by atoms with E-state index in [9.17, 15) is 0 Å². The number of methoxy groups -OCH3 is 2. The van der Waals surface area contributed by atoms with Crippen molar-refractivity contribution in [2.45, 2.75) is 31.7 Å². The molecular formula is C17H23N3O2S. The van der Waals surface area contributed by atoms with Crippen molar-refractivity contribution < 1.29 is 9.47 Å².